The highest BCUT2D eigenvalue weighted by atomic mass is 16.4. The molecule has 1 heterocycles. The molecule has 0 bridgehead atoms. The number of likely N-dealkylation sites (N-methyl/N-ethyl adjacent to an activating group) is 1. The van der Waals surface area contributed by atoms with Crippen LogP contribution in [0.5, 0.6) is 0 Å². The first kappa shape index (κ1) is 15.2. The molecule has 0 aliphatic carbocycles. The van der Waals surface area contributed by atoms with Crippen LogP contribution in [0, 0.1) is 0 Å². The minimum atomic E-state index is -1.03. The topological polar surface area (TPSA) is 54.4 Å². The van der Waals surface area contributed by atoms with E-state index in [9.17, 15) is 9.59 Å². The summed E-state index contributed by atoms with van der Waals surface area (Å²) < 4.78 is 0.631. The fourth-order valence-electron chi connectivity index (χ4n) is 3.27. The van der Waals surface area contributed by atoms with Gasteiger partial charge in [-0.15, -0.1) is 0 Å². The Morgan fingerprint density at radius 3 is 1.94 bits per heavy atom. The molecular formula is C14H26NO3+. The van der Waals surface area contributed by atoms with Crippen LogP contribution in [-0.2, 0) is 9.59 Å². The zero-order chi connectivity index (χ0) is 14.2. The maximum absolute atomic E-state index is 11.9. The van der Waals surface area contributed by atoms with Crippen molar-refractivity contribution < 1.29 is 19.2 Å². The van der Waals surface area contributed by atoms with Gasteiger partial charge in [0.1, 0.15) is 13.0 Å². The first-order valence-corrected chi connectivity index (χ1v) is 6.61. The monoisotopic (exact) mass is 256 g/mol. The van der Waals surface area contributed by atoms with Crippen LogP contribution in [0.4, 0.5) is 0 Å². The summed E-state index contributed by atoms with van der Waals surface area (Å²) >= 11 is 0. The Labute approximate surface area is 110 Å². The number of ketones is 1. The fourth-order valence-corrected chi connectivity index (χ4v) is 3.27. The normalized spacial score (nSPS) is 24.5. The smallest absolute Gasteiger partial charge is 0.311 e. The summed E-state index contributed by atoms with van der Waals surface area (Å²) in [5.41, 5.74) is 0.0197. The lowest BCUT2D eigenvalue weighted by Gasteiger charge is -2.59. The fraction of sp³-hybridized carbons (Fsp3) is 0.857. The summed E-state index contributed by atoms with van der Waals surface area (Å²) in [6.45, 7) is 9.04. The van der Waals surface area contributed by atoms with Gasteiger partial charge in [0.15, 0.2) is 5.78 Å². The van der Waals surface area contributed by atoms with Crippen LogP contribution in [0.25, 0.3) is 0 Å². The molecule has 0 radical (unpaired) electrons. The number of carboxylic acids is 1. The zero-order valence-electron chi connectivity index (χ0n) is 12.2. The molecule has 18 heavy (non-hydrogen) atoms. The van der Waals surface area contributed by atoms with E-state index in [1.807, 2.05) is 0 Å². The molecule has 1 aliphatic rings. The third-order valence-corrected chi connectivity index (χ3v) is 5.09. The van der Waals surface area contributed by atoms with Crippen molar-refractivity contribution >= 4 is 11.8 Å². The van der Waals surface area contributed by atoms with Gasteiger partial charge in [0.05, 0.1) is 18.1 Å². The predicted octanol–water partition coefficient (Wildman–Crippen LogP) is 2.22. The summed E-state index contributed by atoms with van der Waals surface area (Å²) in [7, 11) is 2.10. The number of Topliss-reactive ketones (excluding diaryl/α,β-unsaturated/α-hetero) is 1. The van der Waals surface area contributed by atoms with Crippen molar-refractivity contribution in [3.63, 3.8) is 0 Å². The highest BCUT2D eigenvalue weighted by molar-refractivity contribution is 5.95. The number of carbonyl (C=O) groups excluding carboxylic acids is 1. The van der Waals surface area contributed by atoms with Crippen LogP contribution in [0.15, 0.2) is 0 Å². The minimum absolute atomic E-state index is 0.00983. The van der Waals surface area contributed by atoms with Crippen molar-refractivity contribution in [1.29, 1.82) is 0 Å². The average Bonchev–Trinajstić information content (AvgIpc) is 2.12. The molecule has 0 unspecified atom stereocenters. The number of likely N-dealkylation sites (tertiary alicyclic amines) is 1. The van der Waals surface area contributed by atoms with Gasteiger partial charge in [-0.05, 0) is 34.1 Å². The minimum Gasteiger partial charge on any atom is -0.481 e. The largest absolute Gasteiger partial charge is 0.481 e. The molecule has 1 N–H and O–H groups in total. The molecule has 0 aromatic rings. The van der Waals surface area contributed by atoms with Crippen LogP contribution in [0.3, 0.4) is 0 Å². The maximum Gasteiger partial charge on any atom is 0.311 e. The lowest BCUT2D eigenvalue weighted by Crippen LogP contribution is -2.72. The Balaban J connectivity index is 2.97. The number of carbonyl (C=O) groups is 2. The highest BCUT2D eigenvalue weighted by Gasteiger charge is 2.54. The van der Waals surface area contributed by atoms with Crippen LogP contribution >= 0.6 is 0 Å². The first-order valence-electron chi connectivity index (χ1n) is 6.61. The Hall–Kier alpha value is -0.900. The van der Waals surface area contributed by atoms with E-state index < -0.39 is 5.97 Å². The summed E-state index contributed by atoms with van der Waals surface area (Å²) in [5.74, 6) is -1.20. The number of hydrogen-bond acceptors (Lipinski definition) is 2. The van der Waals surface area contributed by atoms with Crippen molar-refractivity contribution in [2.24, 2.45) is 0 Å². The number of carboxylic acid groups (broad SMARTS) is 1. The summed E-state index contributed by atoms with van der Waals surface area (Å²) in [4.78, 5) is 22.6. The molecule has 1 rings (SSSR count). The number of piperidine rings is 1. The SMILES string of the molecule is CC1(C)CCCC(C)(C)[N+]1(C)CC(=O)CC(=O)O. The van der Waals surface area contributed by atoms with Crippen molar-refractivity contribution in [2.75, 3.05) is 13.6 Å². The summed E-state index contributed by atoms with van der Waals surface area (Å²) in [5, 5.41) is 8.73. The summed E-state index contributed by atoms with van der Waals surface area (Å²) in [6, 6.07) is 0. The van der Waals surface area contributed by atoms with E-state index in [1.165, 1.54) is 6.42 Å². The predicted molar refractivity (Wildman–Crippen MR) is 70.3 cm³/mol. The van der Waals surface area contributed by atoms with Crippen molar-refractivity contribution in [3.8, 4) is 0 Å². The van der Waals surface area contributed by atoms with Gasteiger partial charge in [0, 0.05) is 12.8 Å². The molecule has 0 atom stereocenters. The van der Waals surface area contributed by atoms with Crippen LogP contribution < -0.4 is 0 Å². The Morgan fingerprint density at radius 1 is 1.11 bits per heavy atom. The van der Waals surface area contributed by atoms with Gasteiger partial charge in [0.25, 0.3) is 0 Å². The second-order valence-corrected chi connectivity index (χ2v) is 6.94. The van der Waals surface area contributed by atoms with Gasteiger partial charge in [-0.3, -0.25) is 9.59 Å². The molecule has 0 aromatic heterocycles. The highest BCUT2D eigenvalue weighted by Crippen LogP contribution is 2.44. The van der Waals surface area contributed by atoms with Crippen LogP contribution in [-0.4, -0.2) is 46.0 Å². The third kappa shape index (κ3) is 2.58. The first-order chi connectivity index (χ1) is 8.02. The van der Waals surface area contributed by atoms with Gasteiger partial charge in [-0.1, -0.05) is 0 Å². The second kappa shape index (κ2) is 4.65. The van der Waals surface area contributed by atoms with E-state index in [-0.39, 0.29) is 23.3 Å². The zero-order valence-corrected chi connectivity index (χ0v) is 12.2. The quantitative estimate of drug-likeness (QED) is 0.620. The Morgan fingerprint density at radius 2 is 1.56 bits per heavy atom. The molecule has 0 saturated carbocycles. The number of nitrogens with zero attached hydrogens (tertiary/aromatic N) is 1. The van der Waals surface area contributed by atoms with Gasteiger partial charge in [-0.2, -0.15) is 0 Å². The molecule has 1 fully saturated rings. The lowest BCUT2D eigenvalue weighted by atomic mass is 9.76. The molecule has 0 spiro atoms. The van der Waals surface area contributed by atoms with Gasteiger partial charge < -0.3 is 9.59 Å². The van der Waals surface area contributed by atoms with Crippen molar-refractivity contribution in [1.82, 2.24) is 0 Å². The molecule has 1 aliphatic heterocycles. The molecular weight excluding hydrogens is 230 g/mol. The van der Waals surface area contributed by atoms with E-state index in [0.29, 0.717) is 11.0 Å². The maximum atomic E-state index is 11.9. The number of quaternary nitrogens is 1. The average molecular weight is 256 g/mol. The van der Waals surface area contributed by atoms with Crippen LogP contribution in [0.1, 0.15) is 53.4 Å². The number of hydrogen-bond donors (Lipinski definition) is 1. The standard InChI is InChI=1S/C14H25NO3/c1-13(2)7-6-8-14(3,4)15(13,5)10-11(16)9-12(17)18/h6-10H2,1-5H3/p+1. The van der Waals surface area contributed by atoms with Crippen LogP contribution in [0.2, 0.25) is 0 Å². The van der Waals surface area contributed by atoms with Gasteiger partial charge in [0.2, 0.25) is 0 Å². The van der Waals surface area contributed by atoms with E-state index in [1.54, 1.807) is 0 Å². The lowest BCUT2D eigenvalue weighted by molar-refractivity contribution is -0.996. The second-order valence-electron chi connectivity index (χ2n) is 6.94. The van der Waals surface area contributed by atoms with E-state index >= 15 is 0 Å². The summed E-state index contributed by atoms with van der Waals surface area (Å²) in [6.07, 6.45) is 2.96. The number of aliphatic carboxylic acids is 1. The van der Waals surface area contributed by atoms with E-state index in [0.717, 1.165) is 12.8 Å². The molecule has 104 valence electrons. The number of rotatable bonds is 4. The molecule has 0 amide bonds. The van der Waals surface area contributed by atoms with Gasteiger partial charge >= 0.3 is 5.97 Å². The molecule has 4 heteroatoms. The Kier molecular flexibility index (Phi) is 3.92. The molecule has 0 aromatic carbocycles. The van der Waals surface area contributed by atoms with Gasteiger partial charge in [-0.25, -0.2) is 0 Å². The van der Waals surface area contributed by atoms with E-state index in [4.69, 9.17) is 5.11 Å². The van der Waals surface area contributed by atoms with Crippen molar-refractivity contribution in [3.05, 3.63) is 0 Å². The third-order valence-electron chi connectivity index (χ3n) is 5.09. The van der Waals surface area contributed by atoms with E-state index in [2.05, 4.69) is 34.7 Å². The Bertz CT molecular complexity index is 342. The van der Waals surface area contributed by atoms with Crippen molar-refractivity contribution in [2.45, 2.75) is 64.5 Å². The molecule has 1 saturated heterocycles. The molecule has 4 nitrogen and oxygen atoms in total.